The molecule has 1 aromatic carbocycles. The first-order valence-electron chi connectivity index (χ1n) is 5.50. The van der Waals surface area contributed by atoms with Crippen molar-refractivity contribution in [1.29, 1.82) is 5.26 Å². The van der Waals surface area contributed by atoms with Crippen molar-refractivity contribution in [3.63, 3.8) is 0 Å². The number of nitrogens with zero attached hydrogens (tertiary/aromatic N) is 2. The van der Waals surface area contributed by atoms with Crippen molar-refractivity contribution in [2.24, 2.45) is 0 Å². The highest BCUT2D eigenvalue weighted by atomic mass is 16.6. The maximum Gasteiger partial charge on any atom is 0.287 e. The minimum atomic E-state index is -0.570. The molecule has 90 valence electrons. The molecule has 1 rings (SSSR count). The maximum absolute atomic E-state index is 10.6. The number of benzene rings is 1. The number of nitro benzene ring substituents is 1. The van der Waals surface area contributed by atoms with Crippen LogP contribution in [0.3, 0.4) is 0 Å². The van der Waals surface area contributed by atoms with Crippen LogP contribution in [0, 0.1) is 21.4 Å². The molecule has 5 heteroatoms. The van der Waals surface area contributed by atoms with Gasteiger partial charge in [-0.15, -0.1) is 0 Å². The Bertz CT molecular complexity index is 438. The summed E-state index contributed by atoms with van der Waals surface area (Å²) in [5.41, 5.74) is -0.156. The second-order valence-electron chi connectivity index (χ2n) is 3.60. The topological polar surface area (TPSA) is 76.2 Å². The van der Waals surface area contributed by atoms with Gasteiger partial charge in [0.2, 0.25) is 0 Å². The molecule has 17 heavy (non-hydrogen) atoms. The van der Waals surface area contributed by atoms with E-state index in [1.807, 2.05) is 0 Å². The molecule has 0 N–H and O–H groups in total. The van der Waals surface area contributed by atoms with Crippen LogP contribution in [0.4, 0.5) is 5.69 Å². The first-order chi connectivity index (χ1) is 8.19. The van der Waals surface area contributed by atoms with E-state index in [0.717, 1.165) is 19.3 Å². The van der Waals surface area contributed by atoms with E-state index in [2.05, 4.69) is 6.92 Å². The lowest BCUT2D eigenvalue weighted by Crippen LogP contribution is -1.98. The van der Waals surface area contributed by atoms with Crippen LogP contribution in [0.15, 0.2) is 18.2 Å². The Balaban J connectivity index is 2.70. The van der Waals surface area contributed by atoms with Gasteiger partial charge in [-0.3, -0.25) is 10.1 Å². The van der Waals surface area contributed by atoms with Gasteiger partial charge in [0.1, 0.15) is 17.4 Å². The van der Waals surface area contributed by atoms with Gasteiger partial charge in [0.15, 0.2) is 0 Å². The van der Waals surface area contributed by atoms with Gasteiger partial charge in [-0.2, -0.15) is 5.26 Å². The molecule has 0 fully saturated rings. The molecular formula is C12H14N2O3. The molecule has 0 heterocycles. The fraction of sp³-hybridized carbons (Fsp3) is 0.417. The molecule has 0 radical (unpaired) electrons. The summed E-state index contributed by atoms with van der Waals surface area (Å²) in [7, 11) is 0. The summed E-state index contributed by atoms with van der Waals surface area (Å²) < 4.78 is 5.41. The van der Waals surface area contributed by atoms with E-state index in [1.165, 1.54) is 18.2 Å². The Hall–Kier alpha value is -2.09. The van der Waals surface area contributed by atoms with Crippen LogP contribution in [0.5, 0.6) is 5.75 Å². The van der Waals surface area contributed by atoms with E-state index < -0.39 is 4.92 Å². The molecule has 0 aliphatic heterocycles. The summed E-state index contributed by atoms with van der Waals surface area (Å²) in [5.74, 6) is 0.503. The summed E-state index contributed by atoms with van der Waals surface area (Å²) in [6.45, 7) is 2.66. The molecule has 0 amide bonds. The largest absolute Gasteiger partial charge is 0.494 e. The van der Waals surface area contributed by atoms with Gasteiger partial charge in [-0.05, 0) is 12.5 Å². The van der Waals surface area contributed by atoms with Crippen LogP contribution in [-0.4, -0.2) is 11.5 Å². The van der Waals surface area contributed by atoms with Crippen LogP contribution in [0.1, 0.15) is 31.7 Å². The van der Waals surface area contributed by atoms with Crippen molar-refractivity contribution in [2.45, 2.75) is 26.2 Å². The smallest absolute Gasteiger partial charge is 0.287 e. The number of hydrogen-bond donors (Lipinski definition) is 0. The van der Waals surface area contributed by atoms with E-state index in [1.54, 1.807) is 6.07 Å². The molecular weight excluding hydrogens is 220 g/mol. The zero-order valence-electron chi connectivity index (χ0n) is 9.68. The van der Waals surface area contributed by atoms with Crippen LogP contribution in [-0.2, 0) is 0 Å². The van der Waals surface area contributed by atoms with E-state index in [0.29, 0.717) is 12.4 Å². The Morgan fingerprint density at radius 3 is 2.82 bits per heavy atom. The molecule has 0 aliphatic rings. The van der Waals surface area contributed by atoms with Crippen molar-refractivity contribution < 1.29 is 9.66 Å². The number of hydrogen-bond acceptors (Lipinski definition) is 4. The van der Waals surface area contributed by atoms with E-state index in [-0.39, 0.29) is 11.3 Å². The van der Waals surface area contributed by atoms with Crippen molar-refractivity contribution in [3.8, 4) is 11.8 Å². The van der Waals surface area contributed by atoms with Crippen molar-refractivity contribution in [1.82, 2.24) is 0 Å². The molecule has 0 spiro atoms. The van der Waals surface area contributed by atoms with Gasteiger partial charge >= 0.3 is 0 Å². The predicted molar refractivity (Wildman–Crippen MR) is 62.8 cm³/mol. The van der Waals surface area contributed by atoms with Crippen LogP contribution in [0.2, 0.25) is 0 Å². The van der Waals surface area contributed by atoms with E-state index in [4.69, 9.17) is 10.00 Å². The summed E-state index contributed by atoms with van der Waals surface area (Å²) in [6.07, 6.45) is 3.13. The highest BCUT2D eigenvalue weighted by molar-refractivity contribution is 5.52. The average molecular weight is 234 g/mol. The van der Waals surface area contributed by atoms with Crippen molar-refractivity contribution in [3.05, 3.63) is 33.9 Å². The fourth-order valence-electron chi connectivity index (χ4n) is 1.40. The monoisotopic (exact) mass is 234 g/mol. The fourth-order valence-corrected chi connectivity index (χ4v) is 1.40. The zero-order chi connectivity index (χ0) is 12.7. The summed E-state index contributed by atoms with van der Waals surface area (Å²) in [4.78, 5) is 10.0. The minimum Gasteiger partial charge on any atom is -0.494 e. The SMILES string of the molecule is CCCCCOc1ccc([N+](=O)[O-])c(C#N)c1. The van der Waals surface area contributed by atoms with Crippen molar-refractivity contribution in [2.75, 3.05) is 6.61 Å². The minimum absolute atomic E-state index is 0.0305. The third-order valence-electron chi connectivity index (χ3n) is 2.30. The third-order valence-corrected chi connectivity index (χ3v) is 2.30. The first-order valence-corrected chi connectivity index (χ1v) is 5.50. The molecule has 0 saturated heterocycles. The standard InChI is InChI=1S/C12H14N2O3/c1-2-3-4-7-17-11-5-6-12(14(15)16)10(8-11)9-13/h5-6,8H,2-4,7H2,1H3. The highest BCUT2D eigenvalue weighted by Crippen LogP contribution is 2.23. The molecule has 0 aliphatic carbocycles. The molecule has 0 atom stereocenters. The van der Waals surface area contributed by atoms with E-state index in [9.17, 15) is 10.1 Å². The van der Waals surface area contributed by atoms with Gasteiger partial charge < -0.3 is 4.74 Å². The lowest BCUT2D eigenvalue weighted by molar-refractivity contribution is -0.385. The third kappa shape index (κ3) is 3.76. The number of ether oxygens (including phenoxy) is 1. The number of nitriles is 1. The second kappa shape index (κ2) is 6.48. The average Bonchev–Trinajstić information content (AvgIpc) is 2.34. The molecule has 0 unspecified atom stereocenters. The van der Waals surface area contributed by atoms with Crippen LogP contribution < -0.4 is 4.74 Å². The molecule has 1 aromatic rings. The number of unbranched alkanes of at least 4 members (excludes halogenated alkanes) is 2. The predicted octanol–water partition coefficient (Wildman–Crippen LogP) is 3.04. The molecule has 0 bridgehead atoms. The summed E-state index contributed by atoms with van der Waals surface area (Å²) in [6, 6.07) is 6.02. The van der Waals surface area contributed by atoms with Crippen LogP contribution in [0.25, 0.3) is 0 Å². The molecule has 5 nitrogen and oxygen atoms in total. The highest BCUT2D eigenvalue weighted by Gasteiger charge is 2.13. The Kier molecular flexibility index (Phi) is 4.95. The van der Waals surface area contributed by atoms with Gasteiger partial charge in [0.05, 0.1) is 11.5 Å². The summed E-state index contributed by atoms with van der Waals surface area (Å²) >= 11 is 0. The van der Waals surface area contributed by atoms with Gasteiger partial charge in [0.25, 0.3) is 5.69 Å². The second-order valence-corrected chi connectivity index (χ2v) is 3.60. The quantitative estimate of drug-likeness (QED) is 0.430. The molecule has 0 aromatic heterocycles. The lowest BCUT2D eigenvalue weighted by Gasteiger charge is -2.05. The Morgan fingerprint density at radius 2 is 2.24 bits per heavy atom. The van der Waals surface area contributed by atoms with E-state index >= 15 is 0 Å². The summed E-state index contributed by atoms with van der Waals surface area (Å²) in [5, 5.41) is 19.4. The first kappa shape index (κ1) is 13.0. The van der Waals surface area contributed by atoms with Gasteiger partial charge in [0, 0.05) is 12.1 Å². The Labute approximate surface area is 99.8 Å². The normalized spacial score (nSPS) is 9.65. The number of rotatable bonds is 6. The van der Waals surface area contributed by atoms with Gasteiger partial charge in [-0.1, -0.05) is 19.8 Å². The zero-order valence-corrected chi connectivity index (χ0v) is 9.68. The van der Waals surface area contributed by atoms with Crippen LogP contribution >= 0.6 is 0 Å². The Morgan fingerprint density at radius 1 is 1.47 bits per heavy atom. The molecule has 0 saturated carbocycles. The van der Waals surface area contributed by atoms with Crippen molar-refractivity contribution >= 4 is 5.69 Å². The number of nitro groups is 1. The maximum atomic E-state index is 10.6. The van der Waals surface area contributed by atoms with Gasteiger partial charge in [-0.25, -0.2) is 0 Å². The lowest BCUT2D eigenvalue weighted by atomic mass is 10.2.